The summed E-state index contributed by atoms with van der Waals surface area (Å²) < 4.78 is 5.32. The van der Waals surface area contributed by atoms with E-state index in [-0.39, 0.29) is 5.91 Å². The molecule has 2 aromatic rings. The number of nitrogens with zero attached hydrogens (tertiary/aromatic N) is 2. The molecule has 3 N–H and O–H groups in total. The molecule has 2 heterocycles. The highest BCUT2D eigenvalue weighted by Gasteiger charge is 2.15. The molecular weight excluding hydrogens is 308 g/mol. The van der Waals surface area contributed by atoms with Gasteiger partial charge in [0.15, 0.2) is 0 Å². The van der Waals surface area contributed by atoms with Gasteiger partial charge in [-0.3, -0.25) is 9.59 Å². The Hall–Kier alpha value is -2.93. The molecule has 0 aliphatic carbocycles. The minimum absolute atomic E-state index is 0.270. The Kier molecular flexibility index (Phi) is 4.72. The maximum atomic E-state index is 12.4. The summed E-state index contributed by atoms with van der Waals surface area (Å²) in [6.45, 7) is 2.80. The molecule has 1 aliphatic heterocycles. The molecule has 0 bridgehead atoms. The Balaban J connectivity index is 1.75. The fourth-order valence-electron chi connectivity index (χ4n) is 2.48. The van der Waals surface area contributed by atoms with Gasteiger partial charge in [0.05, 0.1) is 13.2 Å². The van der Waals surface area contributed by atoms with Gasteiger partial charge in [-0.15, -0.1) is 0 Å². The van der Waals surface area contributed by atoms with Crippen molar-refractivity contribution < 1.29 is 14.3 Å². The lowest BCUT2D eigenvalue weighted by molar-refractivity contribution is 0.0996. The lowest BCUT2D eigenvalue weighted by atomic mass is 10.1. The number of benzene rings is 1. The van der Waals surface area contributed by atoms with Gasteiger partial charge in [-0.2, -0.15) is 0 Å². The van der Waals surface area contributed by atoms with E-state index in [1.54, 1.807) is 42.6 Å². The third-order valence-corrected chi connectivity index (χ3v) is 3.75. The second-order valence-corrected chi connectivity index (χ2v) is 5.40. The monoisotopic (exact) mass is 326 g/mol. The van der Waals surface area contributed by atoms with Crippen molar-refractivity contribution in [3.05, 3.63) is 53.7 Å². The lowest BCUT2D eigenvalue weighted by Gasteiger charge is -2.27. The van der Waals surface area contributed by atoms with E-state index in [1.165, 1.54) is 0 Å². The first-order valence-electron chi connectivity index (χ1n) is 7.63. The van der Waals surface area contributed by atoms with E-state index in [2.05, 4.69) is 15.2 Å². The zero-order valence-electron chi connectivity index (χ0n) is 13.1. The van der Waals surface area contributed by atoms with Gasteiger partial charge in [0.2, 0.25) is 5.91 Å². The van der Waals surface area contributed by atoms with Crippen molar-refractivity contribution in [3.63, 3.8) is 0 Å². The number of amides is 2. The molecule has 7 heteroatoms. The molecule has 24 heavy (non-hydrogen) atoms. The summed E-state index contributed by atoms with van der Waals surface area (Å²) in [4.78, 5) is 30.0. The number of nitrogens with one attached hydrogen (secondary N) is 1. The first kappa shape index (κ1) is 15.9. The topological polar surface area (TPSA) is 97.5 Å². The summed E-state index contributed by atoms with van der Waals surface area (Å²) in [5.74, 6) is -0.0602. The fourth-order valence-corrected chi connectivity index (χ4v) is 2.48. The molecule has 0 radical (unpaired) electrons. The standard InChI is InChI=1S/C17H18N4O3/c18-16(22)12-2-1-3-14(10-12)20-17(23)13-4-5-19-15(11-13)21-6-8-24-9-7-21/h1-5,10-11H,6-9H2,(H2,18,22)(H,20,23). The smallest absolute Gasteiger partial charge is 0.255 e. The summed E-state index contributed by atoms with van der Waals surface area (Å²) in [5.41, 5.74) is 6.61. The number of pyridine rings is 1. The highest BCUT2D eigenvalue weighted by Crippen LogP contribution is 2.16. The van der Waals surface area contributed by atoms with Crippen LogP contribution in [-0.4, -0.2) is 43.1 Å². The number of nitrogens with two attached hydrogens (primary N) is 1. The minimum atomic E-state index is -0.537. The van der Waals surface area contributed by atoms with E-state index in [4.69, 9.17) is 10.5 Å². The normalized spacial score (nSPS) is 14.2. The largest absolute Gasteiger partial charge is 0.378 e. The van der Waals surface area contributed by atoms with Crippen LogP contribution in [0.2, 0.25) is 0 Å². The Morgan fingerprint density at radius 3 is 2.67 bits per heavy atom. The molecule has 124 valence electrons. The number of carbonyl (C=O) groups is 2. The molecule has 0 atom stereocenters. The van der Waals surface area contributed by atoms with E-state index < -0.39 is 5.91 Å². The molecule has 3 rings (SSSR count). The van der Waals surface area contributed by atoms with Gasteiger partial charge in [0.25, 0.3) is 5.91 Å². The number of carbonyl (C=O) groups excluding carboxylic acids is 2. The average Bonchev–Trinajstić information content (AvgIpc) is 2.63. The zero-order chi connectivity index (χ0) is 16.9. The van der Waals surface area contributed by atoms with Gasteiger partial charge in [0.1, 0.15) is 5.82 Å². The number of hydrogen-bond donors (Lipinski definition) is 2. The van der Waals surface area contributed by atoms with Crippen LogP contribution in [0.3, 0.4) is 0 Å². The maximum Gasteiger partial charge on any atom is 0.255 e. The van der Waals surface area contributed by atoms with Crippen LogP contribution in [0.1, 0.15) is 20.7 Å². The third kappa shape index (κ3) is 3.69. The Bertz CT molecular complexity index is 757. The van der Waals surface area contributed by atoms with Gasteiger partial charge in [0, 0.05) is 36.1 Å². The van der Waals surface area contributed by atoms with Crippen LogP contribution >= 0.6 is 0 Å². The number of anilines is 2. The number of aromatic nitrogens is 1. The van der Waals surface area contributed by atoms with Crippen LogP contribution in [0.25, 0.3) is 0 Å². The molecule has 1 aliphatic rings. The highest BCUT2D eigenvalue weighted by molar-refractivity contribution is 6.05. The highest BCUT2D eigenvalue weighted by atomic mass is 16.5. The Morgan fingerprint density at radius 1 is 1.12 bits per heavy atom. The zero-order valence-corrected chi connectivity index (χ0v) is 13.1. The molecule has 1 saturated heterocycles. The van der Waals surface area contributed by atoms with E-state index in [9.17, 15) is 9.59 Å². The number of hydrogen-bond acceptors (Lipinski definition) is 5. The Labute approximate surface area is 139 Å². The predicted octanol–water partition coefficient (Wildman–Crippen LogP) is 1.27. The van der Waals surface area contributed by atoms with Gasteiger partial charge in [-0.1, -0.05) is 6.07 Å². The van der Waals surface area contributed by atoms with Crippen molar-refractivity contribution >= 4 is 23.3 Å². The third-order valence-electron chi connectivity index (χ3n) is 3.75. The summed E-state index contributed by atoms with van der Waals surface area (Å²) in [6.07, 6.45) is 1.61. The average molecular weight is 326 g/mol. The van der Waals surface area contributed by atoms with Crippen molar-refractivity contribution in [2.24, 2.45) is 5.73 Å². The van der Waals surface area contributed by atoms with Crippen LogP contribution < -0.4 is 16.0 Å². The van der Waals surface area contributed by atoms with Crippen molar-refractivity contribution in [1.29, 1.82) is 0 Å². The van der Waals surface area contributed by atoms with E-state index >= 15 is 0 Å². The number of rotatable bonds is 4. The summed E-state index contributed by atoms with van der Waals surface area (Å²) >= 11 is 0. The predicted molar refractivity (Wildman–Crippen MR) is 90.2 cm³/mol. The second-order valence-electron chi connectivity index (χ2n) is 5.40. The quantitative estimate of drug-likeness (QED) is 0.882. The van der Waals surface area contributed by atoms with E-state index in [0.717, 1.165) is 18.9 Å². The van der Waals surface area contributed by atoms with Crippen LogP contribution in [0, 0.1) is 0 Å². The van der Waals surface area contributed by atoms with Gasteiger partial charge < -0.3 is 20.7 Å². The van der Waals surface area contributed by atoms with Crippen LogP contribution in [0.4, 0.5) is 11.5 Å². The van der Waals surface area contributed by atoms with Crippen LogP contribution in [-0.2, 0) is 4.74 Å². The first-order chi connectivity index (χ1) is 11.6. The summed E-state index contributed by atoms with van der Waals surface area (Å²) in [6, 6.07) is 9.91. The number of morpholine rings is 1. The number of ether oxygens (including phenoxy) is 1. The maximum absolute atomic E-state index is 12.4. The molecule has 1 aromatic carbocycles. The molecule has 0 unspecified atom stereocenters. The molecule has 2 amide bonds. The van der Waals surface area contributed by atoms with Crippen molar-refractivity contribution in [2.75, 3.05) is 36.5 Å². The molecule has 1 aromatic heterocycles. The van der Waals surface area contributed by atoms with Gasteiger partial charge in [-0.25, -0.2) is 4.98 Å². The SMILES string of the molecule is NC(=O)c1cccc(NC(=O)c2ccnc(N3CCOCC3)c2)c1. The second kappa shape index (κ2) is 7.10. The first-order valence-corrected chi connectivity index (χ1v) is 7.63. The van der Waals surface area contributed by atoms with Crippen LogP contribution in [0.5, 0.6) is 0 Å². The fraction of sp³-hybridized carbons (Fsp3) is 0.235. The molecule has 7 nitrogen and oxygen atoms in total. The molecule has 0 spiro atoms. The van der Waals surface area contributed by atoms with Gasteiger partial charge >= 0.3 is 0 Å². The number of primary amides is 1. The summed E-state index contributed by atoms with van der Waals surface area (Å²) in [5, 5.41) is 2.77. The molecule has 1 fully saturated rings. The Morgan fingerprint density at radius 2 is 1.92 bits per heavy atom. The minimum Gasteiger partial charge on any atom is -0.378 e. The van der Waals surface area contributed by atoms with Crippen molar-refractivity contribution in [1.82, 2.24) is 4.98 Å². The van der Waals surface area contributed by atoms with E-state index in [1.807, 2.05) is 0 Å². The van der Waals surface area contributed by atoms with Crippen molar-refractivity contribution in [2.45, 2.75) is 0 Å². The molecule has 0 saturated carbocycles. The molecular formula is C17H18N4O3. The van der Waals surface area contributed by atoms with E-state index in [0.29, 0.717) is 30.0 Å². The van der Waals surface area contributed by atoms with Crippen LogP contribution in [0.15, 0.2) is 42.6 Å². The summed E-state index contributed by atoms with van der Waals surface area (Å²) in [7, 11) is 0. The van der Waals surface area contributed by atoms with Gasteiger partial charge in [-0.05, 0) is 30.3 Å². The lowest BCUT2D eigenvalue weighted by Crippen LogP contribution is -2.36. The van der Waals surface area contributed by atoms with Crippen molar-refractivity contribution in [3.8, 4) is 0 Å².